The molecule has 0 aromatic carbocycles. The number of allylic oxidation sites excluding steroid dienone is 6. The Hall–Kier alpha value is -1.64. The normalized spacial score (nSPS) is 28.4. The Morgan fingerprint density at radius 1 is 1.29 bits per heavy atom. The minimum atomic E-state index is -0.864. The van der Waals surface area contributed by atoms with Crippen LogP contribution in [0.5, 0.6) is 0 Å². The smallest absolute Gasteiger partial charge is 0.239 e. The highest BCUT2D eigenvalue weighted by atomic mass is 35.5. The molecule has 0 saturated carbocycles. The van der Waals surface area contributed by atoms with Crippen LogP contribution >= 0.6 is 11.6 Å². The molecule has 1 amide bonds. The molecule has 4 atom stereocenters. The Morgan fingerprint density at radius 3 is 2.57 bits per heavy atom. The van der Waals surface area contributed by atoms with Crippen molar-refractivity contribution in [3.05, 3.63) is 47.2 Å². The Bertz CT molecular complexity index is 836. The van der Waals surface area contributed by atoms with E-state index in [-0.39, 0.29) is 34.7 Å². The predicted molar refractivity (Wildman–Crippen MR) is 144 cm³/mol. The quantitative estimate of drug-likeness (QED) is 0.462. The summed E-state index contributed by atoms with van der Waals surface area (Å²) in [7, 11) is 0. The SMILES string of the molecule is CCNC1=CC=CC(CN[C@@H](C(=O)N2CC[C@](O)(C3C=CC(Cl)=CC3)C(C)(C)C2)C(C)C)C1.O.O. The maximum atomic E-state index is 13.6. The van der Waals surface area contributed by atoms with Gasteiger partial charge in [-0.25, -0.2) is 0 Å². The first-order chi connectivity index (χ1) is 15.6. The third-order valence-corrected chi connectivity index (χ3v) is 7.88. The second-order valence-corrected chi connectivity index (χ2v) is 11.2. The molecule has 0 radical (unpaired) electrons. The fourth-order valence-corrected chi connectivity index (χ4v) is 5.65. The van der Waals surface area contributed by atoms with Crippen LogP contribution in [0, 0.1) is 23.2 Å². The number of aliphatic hydroxyl groups is 1. The molecule has 3 rings (SSSR count). The van der Waals surface area contributed by atoms with Gasteiger partial charge in [0.25, 0.3) is 0 Å². The van der Waals surface area contributed by atoms with Crippen molar-refractivity contribution in [2.45, 2.75) is 65.5 Å². The van der Waals surface area contributed by atoms with Crippen LogP contribution in [-0.4, -0.2) is 64.7 Å². The summed E-state index contributed by atoms with van der Waals surface area (Å²) in [5.74, 6) is 0.720. The van der Waals surface area contributed by atoms with Gasteiger partial charge in [-0.3, -0.25) is 4.79 Å². The summed E-state index contributed by atoms with van der Waals surface area (Å²) < 4.78 is 0. The Morgan fingerprint density at radius 2 is 2.00 bits per heavy atom. The number of carbonyl (C=O) groups is 1. The average Bonchev–Trinajstić information content (AvgIpc) is 2.76. The second-order valence-electron chi connectivity index (χ2n) is 10.8. The minimum Gasteiger partial charge on any atom is -0.412 e. The molecule has 1 fully saturated rings. The highest BCUT2D eigenvalue weighted by molar-refractivity contribution is 6.31. The van der Waals surface area contributed by atoms with E-state index in [1.807, 2.05) is 23.1 Å². The largest absolute Gasteiger partial charge is 0.412 e. The van der Waals surface area contributed by atoms with Crippen molar-refractivity contribution in [3.63, 3.8) is 0 Å². The summed E-state index contributed by atoms with van der Waals surface area (Å²) in [5, 5.41) is 19.4. The van der Waals surface area contributed by atoms with Gasteiger partial charge in [0.1, 0.15) is 0 Å². The molecule has 8 heteroatoms. The van der Waals surface area contributed by atoms with Crippen LogP contribution in [-0.2, 0) is 4.79 Å². The molecular formula is C27H46ClN3O4. The van der Waals surface area contributed by atoms with Crippen molar-refractivity contribution >= 4 is 17.5 Å². The fourth-order valence-electron chi connectivity index (χ4n) is 5.49. The number of hydrogen-bond donors (Lipinski definition) is 3. The number of nitrogens with one attached hydrogen (secondary N) is 2. The number of hydrogen-bond acceptors (Lipinski definition) is 4. The number of carbonyl (C=O) groups excluding carboxylic acids is 1. The molecule has 7 nitrogen and oxygen atoms in total. The molecule has 0 aromatic rings. The molecule has 1 saturated heterocycles. The molecule has 7 N–H and O–H groups in total. The van der Waals surface area contributed by atoms with Crippen molar-refractivity contribution in [2.24, 2.45) is 23.2 Å². The van der Waals surface area contributed by atoms with Gasteiger partial charge in [0.2, 0.25) is 5.91 Å². The summed E-state index contributed by atoms with van der Waals surface area (Å²) in [6.45, 7) is 13.3. The zero-order chi connectivity index (χ0) is 24.2. The van der Waals surface area contributed by atoms with Gasteiger partial charge in [-0.2, -0.15) is 0 Å². The van der Waals surface area contributed by atoms with Gasteiger partial charge >= 0.3 is 0 Å². The van der Waals surface area contributed by atoms with Gasteiger partial charge in [-0.1, -0.05) is 63.6 Å². The molecule has 2 unspecified atom stereocenters. The first kappa shape index (κ1) is 31.4. The highest BCUT2D eigenvalue weighted by Crippen LogP contribution is 2.46. The molecule has 3 aliphatic rings. The van der Waals surface area contributed by atoms with E-state index < -0.39 is 11.0 Å². The van der Waals surface area contributed by atoms with Crippen LogP contribution in [0.3, 0.4) is 0 Å². The number of nitrogens with zero attached hydrogens (tertiary/aromatic N) is 1. The van der Waals surface area contributed by atoms with E-state index in [1.165, 1.54) is 5.70 Å². The van der Waals surface area contributed by atoms with E-state index in [0.29, 0.717) is 25.4 Å². The predicted octanol–water partition coefficient (Wildman–Crippen LogP) is 2.71. The summed E-state index contributed by atoms with van der Waals surface area (Å²) in [5.41, 5.74) is -0.0341. The molecule has 2 aliphatic carbocycles. The lowest BCUT2D eigenvalue weighted by atomic mass is 9.62. The first-order valence-corrected chi connectivity index (χ1v) is 12.8. The van der Waals surface area contributed by atoms with E-state index in [4.69, 9.17) is 11.6 Å². The molecule has 0 spiro atoms. The standard InChI is InChI=1S/C27H42ClN3O2.2H2O/c1-6-29-23-9-7-8-20(16-23)17-30-24(19(2)3)25(32)31-15-14-27(33,26(4,5)18-31)21-10-12-22(28)13-11-21;;/h7-10,12-13,19-21,24,29-30,33H,6,11,14-18H2,1-5H3;2*1H2/t20?,21?,24-,27+;;/m1../s1. The van der Waals surface area contributed by atoms with Crippen molar-refractivity contribution < 1.29 is 20.9 Å². The van der Waals surface area contributed by atoms with E-state index in [1.54, 1.807) is 0 Å². The van der Waals surface area contributed by atoms with E-state index in [2.05, 4.69) is 63.5 Å². The molecule has 0 aromatic heterocycles. The van der Waals surface area contributed by atoms with Gasteiger partial charge in [0.05, 0.1) is 11.6 Å². The maximum Gasteiger partial charge on any atom is 0.239 e. The molecular weight excluding hydrogens is 466 g/mol. The van der Waals surface area contributed by atoms with Crippen LogP contribution in [0.1, 0.15) is 53.9 Å². The average molecular weight is 512 g/mol. The Kier molecular flexibility index (Phi) is 11.7. The van der Waals surface area contributed by atoms with E-state index in [0.717, 1.165) is 31.0 Å². The fraction of sp³-hybridized carbons (Fsp3) is 0.667. The van der Waals surface area contributed by atoms with Gasteiger partial charge in [0.15, 0.2) is 0 Å². The Labute approximate surface area is 216 Å². The second kappa shape index (κ2) is 13.1. The molecule has 1 aliphatic heterocycles. The van der Waals surface area contributed by atoms with Crippen LogP contribution < -0.4 is 10.6 Å². The van der Waals surface area contributed by atoms with Gasteiger partial charge in [-0.15, -0.1) is 0 Å². The number of piperidine rings is 1. The van der Waals surface area contributed by atoms with Gasteiger partial charge in [-0.05, 0) is 50.2 Å². The van der Waals surface area contributed by atoms with Crippen molar-refractivity contribution in [1.29, 1.82) is 0 Å². The lowest BCUT2D eigenvalue weighted by Gasteiger charge is -2.54. The lowest BCUT2D eigenvalue weighted by molar-refractivity contribution is -0.162. The zero-order valence-electron chi connectivity index (χ0n) is 21.9. The van der Waals surface area contributed by atoms with Crippen LogP contribution in [0.4, 0.5) is 0 Å². The van der Waals surface area contributed by atoms with E-state index >= 15 is 0 Å². The maximum absolute atomic E-state index is 13.6. The molecule has 1 heterocycles. The topological polar surface area (TPSA) is 128 Å². The van der Waals surface area contributed by atoms with Gasteiger partial charge < -0.3 is 31.6 Å². The number of rotatable bonds is 8. The van der Waals surface area contributed by atoms with Crippen LogP contribution in [0.15, 0.2) is 47.2 Å². The first-order valence-electron chi connectivity index (χ1n) is 12.5. The Balaban J connectivity index is 0.00000306. The third-order valence-electron chi connectivity index (χ3n) is 7.60. The van der Waals surface area contributed by atoms with Crippen LogP contribution in [0.2, 0.25) is 0 Å². The molecule has 35 heavy (non-hydrogen) atoms. The van der Waals surface area contributed by atoms with Crippen molar-refractivity contribution in [3.8, 4) is 0 Å². The summed E-state index contributed by atoms with van der Waals surface area (Å²) in [6.07, 6.45) is 14.6. The summed E-state index contributed by atoms with van der Waals surface area (Å²) >= 11 is 6.10. The number of amides is 1. The third kappa shape index (κ3) is 7.20. The molecule has 0 bridgehead atoms. The zero-order valence-corrected chi connectivity index (χ0v) is 22.7. The lowest BCUT2D eigenvalue weighted by Crippen LogP contribution is -2.63. The number of halogens is 1. The number of likely N-dealkylation sites (tertiary alicyclic amines) is 1. The van der Waals surface area contributed by atoms with Crippen LogP contribution in [0.25, 0.3) is 0 Å². The molecule has 200 valence electrons. The van der Waals surface area contributed by atoms with Crippen molar-refractivity contribution in [1.82, 2.24) is 15.5 Å². The minimum absolute atomic E-state index is 0. The van der Waals surface area contributed by atoms with Gasteiger partial charge in [0, 0.05) is 48.2 Å². The summed E-state index contributed by atoms with van der Waals surface area (Å²) in [4.78, 5) is 15.6. The van der Waals surface area contributed by atoms with Crippen molar-refractivity contribution in [2.75, 3.05) is 26.2 Å². The summed E-state index contributed by atoms with van der Waals surface area (Å²) in [6, 6.07) is -0.231. The monoisotopic (exact) mass is 511 g/mol. The van der Waals surface area contributed by atoms with E-state index in [9.17, 15) is 9.90 Å². The highest BCUT2D eigenvalue weighted by Gasteiger charge is 2.52.